The Morgan fingerprint density at radius 3 is 2.76 bits per heavy atom. The largest absolute Gasteiger partial charge is 0.338 e. The first-order valence-electron chi connectivity index (χ1n) is 8.84. The van der Waals surface area contributed by atoms with Gasteiger partial charge in [-0.3, -0.25) is 9.69 Å². The van der Waals surface area contributed by atoms with Crippen molar-refractivity contribution in [3.05, 3.63) is 33.6 Å². The Kier molecular flexibility index (Phi) is 5.54. The van der Waals surface area contributed by atoms with E-state index in [0.717, 1.165) is 35.8 Å². The van der Waals surface area contributed by atoms with Gasteiger partial charge in [-0.2, -0.15) is 4.98 Å². The molecule has 1 aliphatic heterocycles. The van der Waals surface area contributed by atoms with E-state index in [1.807, 2.05) is 30.9 Å². The van der Waals surface area contributed by atoms with Crippen molar-refractivity contribution >= 4 is 17.2 Å². The topological polar surface area (TPSA) is 62.5 Å². The summed E-state index contributed by atoms with van der Waals surface area (Å²) in [4.78, 5) is 23.7. The molecule has 0 radical (unpaired) electrons. The van der Waals surface area contributed by atoms with Crippen molar-refractivity contribution in [2.24, 2.45) is 5.92 Å². The highest BCUT2D eigenvalue weighted by atomic mass is 32.1. The third kappa shape index (κ3) is 4.27. The summed E-state index contributed by atoms with van der Waals surface area (Å²) in [6.07, 6.45) is 0.951. The number of carbonyl (C=O) groups excluding carboxylic acids is 1. The SMILES string of the molecule is Cc1noc(C2CN(C(=O)c3ccc(C)s3)CCCN2CC(C)C)n1. The molecule has 0 spiro atoms. The lowest BCUT2D eigenvalue weighted by Gasteiger charge is -2.30. The summed E-state index contributed by atoms with van der Waals surface area (Å²) in [5.41, 5.74) is 0. The number of thiophene rings is 1. The number of amides is 1. The van der Waals surface area contributed by atoms with Gasteiger partial charge >= 0.3 is 0 Å². The van der Waals surface area contributed by atoms with Gasteiger partial charge in [0.1, 0.15) is 6.04 Å². The average Bonchev–Trinajstić information content (AvgIpc) is 3.11. The fraction of sp³-hybridized carbons (Fsp3) is 0.611. The van der Waals surface area contributed by atoms with Crippen LogP contribution in [0.15, 0.2) is 16.7 Å². The van der Waals surface area contributed by atoms with Crippen LogP contribution in [-0.2, 0) is 0 Å². The van der Waals surface area contributed by atoms with Crippen LogP contribution in [0.4, 0.5) is 0 Å². The predicted molar refractivity (Wildman–Crippen MR) is 97.8 cm³/mol. The van der Waals surface area contributed by atoms with Crippen LogP contribution in [0.5, 0.6) is 0 Å². The lowest BCUT2D eigenvalue weighted by molar-refractivity contribution is 0.0713. The second-order valence-corrected chi connectivity index (χ2v) is 8.39. The van der Waals surface area contributed by atoms with Crippen molar-refractivity contribution in [2.75, 3.05) is 26.2 Å². The fourth-order valence-electron chi connectivity index (χ4n) is 3.30. The molecule has 6 nitrogen and oxygen atoms in total. The molecule has 136 valence electrons. The zero-order chi connectivity index (χ0) is 18.0. The molecule has 2 aromatic rings. The summed E-state index contributed by atoms with van der Waals surface area (Å²) in [6, 6.07) is 3.88. The Morgan fingerprint density at radius 2 is 2.16 bits per heavy atom. The Bertz CT molecular complexity index is 724. The van der Waals surface area contributed by atoms with Crippen molar-refractivity contribution in [1.29, 1.82) is 0 Å². The molecule has 0 aromatic carbocycles. The Morgan fingerprint density at radius 1 is 1.36 bits per heavy atom. The van der Waals surface area contributed by atoms with Crippen LogP contribution in [0.3, 0.4) is 0 Å². The minimum atomic E-state index is -0.0453. The van der Waals surface area contributed by atoms with Crippen LogP contribution in [-0.4, -0.2) is 52.0 Å². The van der Waals surface area contributed by atoms with Crippen LogP contribution in [0.2, 0.25) is 0 Å². The van der Waals surface area contributed by atoms with E-state index in [4.69, 9.17) is 4.52 Å². The highest BCUT2D eigenvalue weighted by Crippen LogP contribution is 2.27. The van der Waals surface area contributed by atoms with Crippen molar-refractivity contribution in [1.82, 2.24) is 19.9 Å². The molecule has 1 unspecified atom stereocenters. The number of rotatable bonds is 4. The van der Waals surface area contributed by atoms with E-state index in [1.54, 1.807) is 11.3 Å². The standard InChI is InChI=1S/C18H26N4O2S/c1-12(2)10-21-8-5-9-22(18(23)16-7-6-13(3)25-16)11-15(21)17-19-14(4)20-24-17/h6-7,12,15H,5,8-11H2,1-4H3. The second kappa shape index (κ2) is 7.66. The normalized spacial score (nSPS) is 19.4. The van der Waals surface area contributed by atoms with Crippen LogP contribution in [0.25, 0.3) is 0 Å². The lowest BCUT2D eigenvalue weighted by Crippen LogP contribution is -2.38. The maximum absolute atomic E-state index is 12.9. The van der Waals surface area contributed by atoms with Gasteiger partial charge in [-0.15, -0.1) is 11.3 Å². The van der Waals surface area contributed by atoms with E-state index in [9.17, 15) is 4.79 Å². The summed E-state index contributed by atoms with van der Waals surface area (Å²) < 4.78 is 5.47. The maximum atomic E-state index is 12.9. The van der Waals surface area contributed by atoms with Gasteiger partial charge in [-0.1, -0.05) is 19.0 Å². The Labute approximate surface area is 152 Å². The van der Waals surface area contributed by atoms with Crippen LogP contribution in [0, 0.1) is 19.8 Å². The number of aromatic nitrogens is 2. The molecule has 1 amide bonds. The number of carbonyl (C=O) groups is 1. The molecule has 0 bridgehead atoms. The minimum absolute atomic E-state index is 0.0453. The van der Waals surface area contributed by atoms with Gasteiger partial charge in [-0.05, 0) is 38.3 Å². The van der Waals surface area contributed by atoms with E-state index in [2.05, 4.69) is 28.9 Å². The highest BCUT2D eigenvalue weighted by molar-refractivity contribution is 7.13. The molecule has 2 aromatic heterocycles. The van der Waals surface area contributed by atoms with Crippen LogP contribution in [0.1, 0.15) is 52.6 Å². The van der Waals surface area contributed by atoms with Gasteiger partial charge in [0.15, 0.2) is 5.82 Å². The Hall–Kier alpha value is -1.73. The first-order valence-corrected chi connectivity index (χ1v) is 9.65. The summed E-state index contributed by atoms with van der Waals surface area (Å²) in [6.45, 7) is 11.5. The third-order valence-corrected chi connectivity index (χ3v) is 5.36. The molecule has 1 saturated heterocycles. The Balaban J connectivity index is 1.84. The van der Waals surface area contributed by atoms with Gasteiger partial charge in [0.05, 0.1) is 4.88 Å². The van der Waals surface area contributed by atoms with Gasteiger partial charge in [0, 0.05) is 31.1 Å². The molecule has 1 aliphatic rings. The molecule has 0 aliphatic carbocycles. The average molecular weight is 362 g/mol. The quantitative estimate of drug-likeness (QED) is 0.835. The molecule has 3 heterocycles. The molecule has 0 N–H and O–H groups in total. The number of hydrogen-bond donors (Lipinski definition) is 0. The van der Waals surface area contributed by atoms with E-state index in [1.165, 1.54) is 0 Å². The van der Waals surface area contributed by atoms with Gasteiger partial charge in [-0.25, -0.2) is 0 Å². The molecular weight excluding hydrogens is 336 g/mol. The highest BCUT2D eigenvalue weighted by Gasteiger charge is 2.33. The zero-order valence-electron chi connectivity index (χ0n) is 15.4. The fourth-order valence-corrected chi connectivity index (χ4v) is 4.13. The second-order valence-electron chi connectivity index (χ2n) is 7.10. The van der Waals surface area contributed by atoms with Crippen molar-refractivity contribution in [2.45, 2.75) is 40.2 Å². The lowest BCUT2D eigenvalue weighted by atomic mass is 10.1. The monoisotopic (exact) mass is 362 g/mol. The molecule has 7 heteroatoms. The minimum Gasteiger partial charge on any atom is -0.338 e. The van der Waals surface area contributed by atoms with Crippen molar-refractivity contribution in [3.63, 3.8) is 0 Å². The summed E-state index contributed by atoms with van der Waals surface area (Å²) in [5, 5.41) is 3.95. The molecule has 0 saturated carbocycles. The van der Waals surface area contributed by atoms with Crippen LogP contribution >= 0.6 is 11.3 Å². The number of hydrogen-bond acceptors (Lipinski definition) is 6. The van der Waals surface area contributed by atoms with Crippen LogP contribution < -0.4 is 0 Å². The molecule has 1 fully saturated rings. The van der Waals surface area contributed by atoms with E-state index in [0.29, 0.717) is 24.2 Å². The first kappa shape index (κ1) is 18.1. The summed E-state index contributed by atoms with van der Waals surface area (Å²) in [7, 11) is 0. The number of nitrogens with zero attached hydrogens (tertiary/aromatic N) is 4. The third-order valence-electron chi connectivity index (χ3n) is 4.37. The van der Waals surface area contributed by atoms with Crippen molar-refractivity contribution in [3.8, 4) is 0 Å². The van der Waals surface area contributed by atoms with Gasteiger partial charge in [0.2, 0.25) is 5.89 Å². The van der Waals surface area contributed by atoms with Gasteiger partial charge < -0.3 is 9.42 Å². The zero-order valence-corrected chi connectivity index (χ0v) is 16.2. The maximum Gasteiger partial charge on any atom is 0.263 e. The molecule has 1 atom stereocenters. The van der Waals surface area contributed by atoms with E-state index >= 15 is 0 Å². The van der Waals surface area contributed by atoms with E-state index < -0.39 is 0 Å². The van der Waals surface area contributed by atoms with E-state index in [-0.39, 0.29) is 11.9 Å². The smallest absolute Gasteiger partial charge is 0.263 e. The molecule has 3 rings (SSSR count). The van der Waals surface area contributed by atoms with Gasteiger partial charge in [0.25, 0.3) is 5.91 Å². The summed E-state index contributed by atoms with van der Waals surface area (Å²) in [5.74, 6) is 1.88. The first-order chi connectivity index (χ1) is 11.9. The summed E-state index contributed by atoms with van der Waals surface area (Å²) >= 11 is 1.55. The number of aryl methyl sites for hydroxylation is 2. The molecule has 25 heavy (non-hydrogen) atoms. The molecular formula is C18H26N4O2S. The van der Waals surface area contributed by atoms with Crippen molar-refractivity contribution < 1.29 is 9.32 Å². The predicted octanol–water partition coefficient (Wildman–Crippen LogP) is 3.29.